The van der Waals surface area contributed by atoms with Crippen molar-refractivity contribution >= 4 is 5.95 Å². The van der Waals surface area contributed by atoms with Crippen molar-refractivity contribution in [3.8, 4) is 0 Å². The van der Waals surface area contributed by atoms with Gasteiger partial charge < -0.3 is 11.5 Å². The first-order valence-corrected chi connectivity index (χ1v) is 3.10. The van der Waals surface area contributed by atoms with Gasteiger partial charge in [0.25, 0.3) is 0 Å². The number of aromatic nitrogens is 3. The second-order valence-electron chi connectivity index (χ2n) is 2.17. The lowest BCUT2D eigenvalue weighted by Gasteiger charge is -2.05. The van der Waals surface area contributed by atoms with Crippen molar-refractivity contribution in [3.05, 3.63) is 6.33 Å². The molecule has 1 aromatic heterocycles. The van der Waals surface area contributed by atoms with E-state index >= 15 is 0 Å². The molecule has 0 aliphatic rings. The van der Waals surface area contributed by atoms with Crippen molar-refractivity contribution in [1.29, 1.82) is 0 Å². The van der Waals surface area contributed by atoms with Gasteiger partial charge in [0.2, 0.25) is 5.95 Å². The largest absolute Gasteiger partial charge is 0.367 e. The number of anilines is 1. The summed E-state index contributed by atoms with van der Waals surface area (Å²) in [5.74, 6) is 0.292. The van der Waals surface area contributed by atoms with Crippen molar-refractivity contribution in [3.63, 3.8) is 0 Å². The zero-order valence-corrected chi connectivity index (χ0v) is 5.86. The van der Waals surface area contributed by atoms with Gasteiger partial charge in [-0.25, -0.2) is 9.67 Å². The number of rotatable bonds is 2. The smallest absolute Gasteiger partial charge is 0.239 e. The summed E-state index contributed by atoms with van der Waals surface area (Å²) >= 11 is 0. The molecule has 1 atom stereocenters. The summed E-state index contributed by atoms with van der Waals surface area (Å²) in [6.45, 7) is 2.50. The van der Waals surface area contributed by atoms with E-state index in [1.54, 1.807) is 11.0 Å². The highest BCUT2D eigenvalue weighted by atomic mass is 15.4. The maximum atomic E-state index is 5.38. The van der Waals surface area contributed by atoms with Gasteiger partial charge in [-0.05, 0) is 6.92 Å². The third-order valence-corrected chi connectivity index (χ3v) is 1.32. The van der Waals surface area contributed by atoms with Crippen molar-refractivity contribution in [1.82, 2.24) is 14.8 Å². The van der Waals surface area contributed by atoms with Crippen LogP contribution >= 0.6 is 0 Å². The van der Waals surface area contributed by atoms with Crippen LogP contribution in [0.15, 0.2) is 6.33 Å². The minimum atomic E-state index is 0.171. The Bertz CT molecular complexity index is 206. The predicted molar refractivity (Wildman–Crippen MR) is 38.2 cm³/mol. The molecule has 0 aliphatic carbocycles. The van der Waals surface area contributed by atoms with E-state index in [4.69, 9.17) is 11.5 Å². The molecule has 1 aromatic rings. The first kappa shape index (κ1) is 7.01. The summed E-state index contributed by atoms with van der Waals surface area (Å²) in [5, 5.41) is 3.88. The molecule has 0 aliphatic heterocycles. The molecule has 10 heavy (non-hydrogen) atoms. The number of hydrogen-bond donors (Lipinski definition) is 2. The van der Waals surface area contributed by atoms with E-state index in [2.05, 4.69) is 10.1 Å². The Balaban J connectivity index is 2.74. The molecule has 0 amide bonds. The zero-order valence-electron chi connectivity index (χ0n) is 5.86. The first-order chi connectivity index (χ1) is 4.74. The monoisotopic (exact) mass is 141 g/mol. The van der Waals surface area contributed by atoms with E-state index in [-0.39, 0.29) is 6.04 Å². The number of hydrogen-bond acceptors (Lipinski definition) is 4. The van der Waals surface area contributed by atoms with E-state index in [1.165, 1.54) is 0 Å². The van der Waals surface area contributed by atoms with Crippen LogP contribution in [0.1, 0.15) is 13.0 Å². The Morgan fingerprint density at radius 3 is 2.90 bits per heavy atom. The third kappa shape index (κ3) is 1.24. The summed E-state index contributed by atoms with van der Waals surface area (Å²) in [6, 6.07) is 0.171. The number of nitrogens with two attached hydrogens (primary N) is 2. The van der Waals surface area contributed by atoms with Gasteiger partial charge in [0.05, 0.1) is 6.04 Å². The Morgan fingerprint density at radius 2 is 2.50 bits per heavy atom. The van der Waals surface area contributed by atoms with Crippen LogP contribution in [0, 0.1) is 0 Å². The molecule has 56 valence electrons. The average Bonchev–Trinajstić information content (AvgIpc) is 2.34. The van der Waals surface area contributed by atoms with E-state index < -0.39 is 0 Å². The fraction of sp³-hybridized carbons (Fsp3) is 0.600. The highest BCUT2D eigenvalue weighted by Gasteiger charge is 2.02. The van der Waals surface area contributed by atoms with E-state index in [0.29, 0.717) is 12.5 Å². The standard InChI is InChI=1S/C5H11N5/c1-4(2-6)10-3-8-5(7)9-10/h3-4H,2,6H2,1H3,(H2,7,9). The van der Waals surface area contributed by atoms with Gasteiger partial charge in [-0.15, -0.1) is 5.10 Å². The Morgan fingerprint density at radius 1 is 1.80 bits per heavy atom. The van der Waals surface area contributed by atoms with Gasteiger partial charge in [0.1, 0.15) is 6.33 Å². The molecule has 1 heterocycles. The van der Waals surface area contributed by atoms with Gasteiger partial charge >= 0.3 is 0 Å². The van der Waals surface area contributed by atoms with E-state index in [0.717, 1.165) is 0 Å². The number of nitrogens with zero attached hydrogens (tertiary/aromatic N) is 3. The summed E-state index contributed by atoms with van der Waals surface area (Å²) in [5.41, 5.74) is 10.7. The van der Waals surface area contributed by atoms with Gasteiger partial charge in [-0.1, -0.05) is 0 Å². The second kappa shape index (κ2) is 2.66. The molecule has 4 N–H and O–H groups in total. The minimum absolute atomic E-state index is 0.171. The summed E-state index contributed by atoms with van der Waals surface area (Å²) in [4.78, 5) is 3.76. The van der Waals surface area contributed by atoms with Crippen molar-refractivity contribution in [2.75, 3.05) is 12.3 Å². The van der Waals surface area contributed by atoms with Crippen LogP contribution < -0.4 is 11.5 Å². The molecule has 1 unspecified atom stereocenters. The fourth-order valence-electron chi connectivity index (χ4n) is 0.609. The molecule has 0 fully saturated rings. The second-order valence-corrected chi connectivity index (χ2v) is 2.17. The molecular formula is C5H11N5. The van der Waals surface area contributed by atoms with Crippen LogP contribution in [0.25, 0.3) is 0 Å². The predicted octanol–water partition coefficient (Wildman–Crippen LogP) is -0.620. The lowest BCUT2D eigenvalue weighted by molar-refractivity contribution is 0.501. The van der Waals surface area contributed by atoms with Crippen LogP contribution in [0.3, 0.4) is 0 Å². The summed E-state index contributed by atoms with van der Waals surface area (Å²) in [6.07, 6.45) is 1.58. The molecular weight excluding hydrogens is 130 g/mol. The van der Waals surface area contributed by atoms with Crippen LogP contribution in [0.4, 0.5) is 5.95 Å². The van der Waals surface area contributed by atoms with Gasteiger partial charge in [-0.2, -0.15) is 0 Å². The third-order valence-electron chi connectivity index (χ3n) is 1.32. The molecule has 5 nitrogen and oxygen atoms in total. The zero-order chi connectivity index (χ0) is 7.56. The van der Waals surface area contributed by atoms with Crippen LogP contribution in [0.5, 0.6) is 0 Å². The molecule has 0 radical (unpaired) electrons. The fourth-order valence-corrected chi connectivity index (χ4v) is 0.609. The molecule has 5 heteroatoms. The number of nitrogen functional groups attached to an aromatic ring is 1. The van der Waals surface area contributed by atoms with Crippen molar-refractivity contribution in [2.45, 2.75) is 13.0 Å². The molecule has 0 spiro atoms. The van der Waals surface area contributed by atoms with Crippen LogP contribution in [-0.4, -0.2) is 21.3 Å². The average molecular weight is 141 g/mol. The molecule has 1 rings (SSSR count). The van der Waals surface area contributed by atoms with E-state index in [1.807, 2.05) is 6.92 Å². The lowest BCUT2D eigenvalue weighted by Crippen LogP contribution is -2.16. The van der Waals surface area contributed by atoms with E-state index in [9.17, 15) is 0 Å². The Labute approximate surface area is 59.0 Å². The summed E-state index contributed by atoms with van der Waals surface area (Å²) in [7, 11) is 0. The topological polar surface area (TPSA) is 82.8 Å². The minimum Gasteiger partial charge on any atom is -0.367 e. The SMILES string of the molecule is CC(CN)n1cnc(N)n1. The highest BCUT2D eigenvalue weighted by Crippen LogP contribution is 2.00. The van der Waals surface area contributed by atoms with Crippen molar-refractivity contribution in [2.24, 2.45) is 5.73 Å². The maximum absolute atomic E-state index is 5.38. The first-order valence-electron chi connectivity index (χ1n) is 3.10. The maximum Gasteiger partial charge on any atom is 0.239 e. The molecule has 0 bridgehead atoms. The van der Waals surface area contributed by atoms with Crippen LogP contribution in [-0.2, 0) is 0 Å². The molecule has 0 saturated carbocycles. The van der Waals surface area contributed by atoms with Gasteiger partial charge in [0, 0.05) is 6.54 Å². The van der Waals surface area contributed by atoms with Gasteiger partial charge in [-0.3, -0.25) is 0 Å². The Kier molecular flexibility index (Phi) is 1.86. The van der Waals surface area contributed by atoms with Gasteiger partial charge in [0.15, 0.2) is 0 Å². The van der Waals surface area contributed by atoms with Crippen molar-refractivity contribution < 1.29 is 0 Å². The molecule has 0 aromatic carbocycles. The normalized spacial score (nSPS) is 13.4. The highest BCUT2D eigenvalue weighted by molar-refractivity contribution is 5.09. The Hall–Kier alpha value is -1.10. The summed E-state index contributed by atoms with van der Waals surface area (Å²) < 4.78 is 1.65. The van der Waals surface area contributed by atoms with Crippen LogP contribution in [0.2, 0.25) is 0 Å². The quantitative estimate of drug-likeness (QED) is 0.575. The lowest BCUT2D eigenvalue weighted by atomic mass is 10.4. The molecule has 0 saturated heterocycles.